The molecule has 1 aliphatic heterocycles. The molecule has 1 saturated carbocycles. The van der Waals surface area contributed by atoms with Gasteiger partial charge in [0.05, 0.1) is 24.1 Å². The molecule has 11 heteroatoms. The summed E-state index contributed by atoms with van der Waals surface area (Å²) >= 11 is 0. The van der Waals surface area contributed by atoms with Gasteiger partial charge in [-0.15, -0.1) is 0 Å². The van der Waals surface area contributed by atoms with Gasteiger partial charge >= 0.3 is 12.2 Å². The second-order valence-electron chi connectivity index (χ2n) is 8.21. The molecule has 3 amide bonds. The number of carbonyl (C=O) groups excluding carboxylic acids is 2. The summed E-state index contributed by atoms with van der Waals surface area (Å²) in [6.07, 6.45) is 1.04. The number of halogens is 3. The molecule has 1 N–H and O–H groups in total. The van der Waals surface area contributed by atoms with Gasteiger partial charge in [0.1, 0.15) is 12.3 Å². The molecule has 2 aliphatic rings. The molecule has 1 aliphatic carbocycles. The number of urea groups is 1. The fourth-order valence-electron chi connectivity index (χ4n) is 4.42. The van der Waals surface area contributed by atoms with E-state index in [0.29, 0.717) is 37.1 Å². The largest absolute Gasteiger partial charge is 0.489 e. The molecule has 1 aromatic carbocycles. The van der Waals surface area contributed by atoms with Crippen molar-refractivity contribution in [3.63, 3.8) is 0 Å². The van der Waals surface area contributed by atoms with Gasteiger partial charge in [-0.3, -0.25) is 19.7 Å². The summed E-state index contributed by atoms with van der Waals surface area (Å²) in [5.41, 5.74) is -0.133. The highest BCUT2D eigenvalue weighted by Gasteiger charge is 2.43. The number of nitrogens with one attached hydrogen (secondary N) is 1. The van der Waals surface area contributed by atoms with Gasteiger partial charge in [-0.05, 0) is 49.9 Å². The first kappa shape index (κ1) is 21.2. The molecule has 172 valence electrons. The molecule has 0 radical (unpaired) electrons. The van der Waals surface area contributed by atoms with Crippen molar-refractivity contribution in [3.05, 3.63) is 48.3 Å². The average molecular weight is 459 g/mol. The first-order valence-electron chi connectivity index (χ1n) is 10.6. The number of alkyl halides is 3. The highest BCUT2D eigenvalue weighted by atomic mass is 19.4. The Morgan fingerprint density at radius 3 is 2.61 bits per heavy atom. The summed E-state index contributed by atoms with van der Waals surface area (Å²) in [6, 6.07) is 5.41. The van der Waals surface area contributed by atoms with Gasteiger partial charge in [0, 0.05) is 17.1 Å². The van der Waals surface area contributed by atoms with Crippen molar-refractivity contribution >= 4 is 28.7 Å². The Hall–Kier alpha value is -3.63. The SMILES string of the molecule is O=C1CN(c2cccc(C(F)(F)F)c2)C(=O)N1[C@H]1CC[C@H](Oc2cnc3[nH]ncc3c2)CC1. The zero-order valence-corrected chi connectivity index (χ0v) is 17.4. The van der Waals surface area contributed by atoms with Crippen LogP contribution in [0.4, 0.5) is 23.7 Å². The molecule has 0 spiro atoms. The minimum absolute atomic E-state index is 0.0600. The second-order valence-corrected chi connectivity index (χ2v) is 8.21. The fourth-order valence-corrected chi connectivity index (χ4v) is 4.42. The summed E-state index contributed by atoms with van der Waals surface area (Å²) in [5.74, 6) is 0.216. The predicted octanol–water partition coefficient (Wildman–Crippen LogP) is 4.14. The highest BCUT2D eigenvalue weighted by molar-refractivity contribution is 6.12. The van der Waals surface area contributed by atoms with E-state index in [1.807, 2.05) is 6.07 Å². The molecule has 5 rings (SSSR count). The van der Waals surface area contributed by atoms with Crippen LogP contribution in [0.2, 0.25) is 0 Å². The normalized spacial score (nSPS) is 21.8. The lowest BCUT2D eigenvalue weighted by Crippen LogP contribution is -2.44. The number of H-pyrrole nitrogens is 1. The molecule has 3 heterocycles. The van der Waals surface area contributed by atoms with E-state index < -0.39 is 23.7 Å². The van der Waals surface area contributed by atoms with E-state index in [1.54, 1.807) is 12.4 Å². The number of carbonyl (C=O) groups is 2. The highest BCUT2D eigenvalue weighted by Crippen LogP contribution is 2.34. The lowest BCUT2D eigenvalue weighted by atomic mass is 9.92. The molecule has 0 atom stereocenters. The molecule has 33 heavy (non-hydrogen) atoms. The second kappa shape index (κ2) is 8.05. The first-order chi connectivity index (χ1) is 15.8. The number of aromatic nitrogens is 3. The van der Waals surface area contributed by atoms with E-state index in [0.717, 1.165) is 22.4 Å². The van der Waals surface area contributed by atoms with Crippen LogP contribution in [0.3, 0.4) is 0 Å². The van der Waals surface area contributed by atoms with Crippen LogP contribution in [0.15, 0.2) is 42.7 Å². The minimum atomic E-state index is -4.53. The maximum absolute atomic E-state index is 13.0. The molecule has 8 nitrogen and oxygen atoms in total. The van der Waals surface area contributed by atoms with E-state index in [4.69, 9.17) is 4.74 Å². The number of pyridine rings is 1. The Kier molecular flexibility index (Phi) is 5.18. The van der Waals surface area contributed by atoms with Gasteiger partial charge < -0.3 is 4.74 Å². The third kappa shape index (κ3) is 4.10. The van der Waals surface area contributed by atoms with Crippen LogP contribution < -0.4 is 9.64 Å². The zero-order valence-electron chi connectivity index (χ0n) is 17.4. The van der Waals surface area contributed by atoms with Crippen molar-refractivity contribution in [2.45, 2.75) is 44.0 Å². The first-order valence-corrected chi connectivity index (χ1v) is 10.6. The number of nitrogens with zero attached hydrogens (tertiary/aromatic N) is 4. The molecule has 0 bridgehead atoms. The van der Waals surface area contributed by atoms with E-state index in [9.17, 15) is 22.8 Å². The van der Waals surface area contributed by atoms with Crippen LogP contribution in [0.1, 0.15) is 31.2 Å². The fraction of sp³-hybridized carbons (Fsp3) is 0.364. The Morgan fingerprint density at radius 2 is 1.85 bits per heavy atom. The van der Waals surface area contributed by atoms with Crippen LogP contribution in [0.5, 0.6) is 5.75 Å². The maximum Gasteiger partial charge on any atom is 0.416 e. The van der Waals surface area contributed by atoms with Gasteiger partial charge in [-0.25, -0.2) is 9.78 Å². The Balaban J connectivity index is 1.23. The molecule has 3 aromatic rings. The van der Waals surface area contributed by atoms with E-state index in [-0.39, 0.29) is 24.4 Å². The number of fused-ring (bicyclic) bond motifs is 1. The molecule has 2 fully saturated rings. The van der Waals surface area contributed by atoms with Crippen molar-refractivity contribution in [3.8, 4) is 5.75 Å². The number of anilines is 1. The van der Waals surface area contributed by atoms with Crippen LogP contribution in [0.25, 0.3) is 11.0 Å². The number of hydrogen-bond donors (Lipinski definition) is 1. The van der Waals surface area contributed by atoms with E-state index in [1.165, 1.54) is 17.0 Å². The van der Waals surface area contributed by atoms with Crippen molar-refractivity contribution in [1.82, 2.24) is 20.1 Å². The average Bonchev–Trinajstić information content (AvgIpc) is 3.37. The maximum atomic E-state index is 13.0. The third-order valence-electron chi connectivity index (χ3n) is 6.06. The van der Waals surface area contributed by atoms with Crippen molar-refractivity contribution < 1.29 is 27.5 Å². The van der Waals surface area contributed by atoms with E-state index >= 15 is 0 Å². The standard InChI is InChI=1S/C22H20F3N5O3/c23-22(24,25)14-2-1-3-16(9-14)29-12-19(31)30(21(29)32)15-4-6-17(7-5-15)33-18-8-13-10-27-28-20(13)26-11-18/h1-3,8-11,15,17H,4-7,12H2,(H,26,27,28)/t15-,17-. The zero-order chi connectivity index (χ0) is 23.2. The lowest BCUT2D eigenvalue weighted by Gasteiger charge is -2.33. The summed E-state index contributed by atoms with van der Waals surface area (Å²) < 4.78 is 45.2. The number of hydrogen-bond acceptors (Lipinski definition) is 5. The Labute approximate surface area is 186 Å². The van der Waals surface area contributed by atoms with Crippen molar-refractivity contribution in [2.75, 3.05) is 11.4 Å². The molecular weight excluding hydrogens is 439 g/mol. The molecule has 0 unspecified atom stereocenters. The van der Waals surface area contributed by atoms with Crippen LogP contribution >= 0.6 is 0 Å². The Morgan fingerprint density at radius 1 is 1.06 bits per heavy atom. The Bertz CT molecular complexity index is 1200. The third-order valence-corrected chi connectivity index (χ3v) is 6.06. The topological polar surface area (TPSA) is 91.4 Å². The smallest absolute Gasteiger partial charge is 0.416 e. The molecule has 1 saturated heterocycles. The van der Waals surface area contributed by atoms with Crippen LogP contribution in [-0.2, 0) is 11.0 Å². The van der Waals surface area contributed by atoms with E-state index in [2.05, 4.69) is 15.2 Å². The van der Waals surface area contributed by atoms with Gasteiger partial charge in [0.25, 0.3) is 5.91 Å². The summed E-state index contributed by atoms with van der Waals surface area (Å²) in [4.78, 5) is 32.1. The lowest BCUT2D eigenvalue weighted by molar-refractivity contribution is -0.137. The van der Waals surface area contributed by atoms with Gasteiger partial charge in [-0.1, -0.05) is 6.07 Å². The summed E-state index contributed by atoms with van der Waals surface area (Å²) in [5, 5.41) is 7.54. The molecule has 2 aromatic heterocycles. The van der Waals surface area contributed by atoms with Crippen LogP contribution in [0, 0.1) is 0 Å². The number of rotatable bonds is 4. The van der Waals surface area contributed by atoms with Gasteiger partial charge in [-0.2, -0.15) is 18.3 Å². The number of imide groups is 1. The monoisotopic (exact) mass is 459 g/mol. The van der Waals surface area contributed by atoms with Gasteiger partial charge in [0.2, 0.25) is 0 Å². The number of benzene rings is 1. The summed E-state index contributed by atoms with van der Waals surface area (Å²) in [7, 11) is 0. The predicted molar refractivity (Wildman–Crippen MR) is 112 cm³/mol. The summed E-state index contributed by atoms with van der Waals surface area (Å²) in [6.45, 7) is -0.271. The van der Waals surface area contributed by atoms with Crippen molar-refractivity contribution in [1.29, 1.82) is 0 Å². The molecular formula is C22H20F3N5O3. The number of amides is 3. The quantitative estimate of drug-likeness (QED) is 0.593. The number of aromatic amines is 1. The van der Waals surface area contributed by atoms with Gasteiger partial charge in [0.15, 0.2) is 5.65 Å². The van der Waals surface area contributed by atoms with Crippen LogP contribution in [-0.4, -0.2) is 50.7 Å². The van der Waals surface area contributed by atoms with Crippen molar-refractivity contribution in [2.24, 2.45) is 0 Å². The minimum Gasteiger partial charge on any atom is -0.489 e. The number of ether oxygens (including phenoxy) is 1.